The third-order valence-corrected chi connectivity index (χ3v) is 2.43. The average molecular weight is 256 g/mol. The van der Waals surface area contributed by atoms with Gasteiger partial charge in [0.2, 0.25) is 0 Å². The van der Waals surface area contributed by atoms with Gasteiger partial charge in [0.1, 0.15) is 5.82 Å². The van der Waals surface area contributed by atoms with Crippen LogP contribution >= 0.6 is 15.9 Å². The molecule has 0 amide bonds. The molecular weight excluding hydrogens is 245 g/mol. The number of hydrogen-bond donors (Lipinski definition) is 1. The molecule has 0 aliphatic carbocycles. The van der Waals surface area contributed by atoms with Gasteiger partial charge < -0.3 is 5.32 Å². The number of terminal acetylenes is 1. The summed E-state index contributed by atoms with van der Waals surface area (Å²) in [5.41, 5.74) is 0.766. The molecular formula is C11H11BrFN. The predicted molar refractivity (Wildman–Crippen MR) is 60.7 cm³/mol. The van der Waals surface area contributed by atoms with E-state index in [1.807, 2.05) is 0 Å². The van der Waals surface area contributed by atoms with Crippen LogP contribution in [0.1, 0.15) is 12.8 Å². The summed E-state index contributed by atoms with van der Waals surface area (Å²) in [6, 6.07) is 4.55. The van der Waals surface area contributed by atoms with E-state index in [-0.39, 0.29) is 5.82 Å². The van der Waals surface area contributed by atoms with Crippen molar-refractivity contribution in [1.82, 2.24) is 0 Å². The van der Waals surface area contributed by atoms with Crippen molar-refractivity contribution in [2.45, 2.75) is 12.8 Å². The molecule has 0 unspecified atom stereocenters. The van der Waals surface area contributed by atoms with Crippen LogP contribution < -0.4 is 5.32 Å². The van der Waals surface area contributed by atoms with Gasteiger partial charge in [0, 0.05) is 17.4 Å². The van der Waals surface area contributed by atoms with Crippen molar-refractivity contribution in [3.8, 4) is 12.3 Å². The minimum absolute atomic E-state index is 0.243. The maximum Gasteiger partial charge on any atom is 0.125 e. The molecule has 0 radical (unpaired) electrons. The van der Waals surface area contributed by atoms with Crippen LogP contribution in [-0.4, -0.2) is 6.54 Å². The molecule has 1 aromatic carbocycles. The van der Waals surface area contributed by atoms with Gasteiger partial charge in [-0.1, -0.05) is 0 Å². The third-order valence-electron chi connectivity index (χ3n) is 1.74. The molecule has 3 heteroatoms. The second-order valence-electron chi connectivity index (χ2n) is 2.86. The fourth-order valence-electron chi connectivity index (χ4n) is 1.05. The Morgan fingerprint density at radius 2 is 2.29 bits per heavy atom. The Hall–Kier alpha value is -1.01. The molecule has 1 rings (SSSR count). The van der Waals surface area contributed by atoms with Crippen LogP contribution in [0.4, 0.5) is 10.1 Å². The summed E-state index contributed by atoms with van der Waals surface area (Å²) in [5.74, 6) is 2.31. The molecule has 0 bridgehead atoms. The molecule has 74 valence electrons. The van der Waals surface area contributed by atoms with Crippen molar-refractivity contribution in [3.63, 3.8) is 0 Å². The van der Waals surface area contributed by atoms with Crippen LogP contribution in [0.25, 0.3) is 0 Å². The van der Waals surface area contributed by atoms with Crippen LogP contribution in [0.15, 0.2) is 22.7 Å². The largest absolute Gasteiger partial charge is 0.384 e. The molecule has 1 nitrogen and oxygen atoms in total. The Kier molecular flexibility index (Phi) is 4.48. The van der Waals surface area contributed by atoms with E-state index in [4.69, 9.17) is 6.42 Å². The molecule has 1 aromatic rings. The summed E-state index contributed by atoms with van der Waals surface area (Å²) < 4.78 is 13.7. The fraction of sp³-hybridized carbons (Fsp3) is 0.273. The second-order valence-corrected chi connectivity index (χ2v) is 3.71. The van der Waals surface area contributed by atoms with Crippen molar-refractivity contribution >= 4 is 21.6 Å². The normalized spacial score (nSPS) is 9.50. The van der Waals surface area contributed by atoms with Crippen LogP contribution in [0.3, 0.4) is 0 Å². The van der Waals surface area contributed by atoms with Gasteiger partial charge in [0.25, 0.3) is 0 Å². The smallest absolute Gasteiger partial charge is 0.125 e. The molecule has 0 saturated heterocycles. The number of rotatable bonds is 4. The van der Waals surface area contributed by atoms with E-state index in [1.165, 1.54) is 12.1 Å². The maximum absolute atomic E-state index is 12.8. The highest BCUT2D eigenvalue weighted by molar-refractivity contribution is 9.10. The molecule has 0 saturated carbocycles. The number of halogens is 2. The number of unbranched alkanes of at least 4 members (excludes halogenated alkanes) is 1. The first-order valence-electron chi connectivity index (χ1n) is 4.36. The Labute approximate surface area is 91.8 Å². The number of nitrogens with one attached hydrogen (secondary N) is 1. The highest BCUT2D eigenvalue weighted by atomic mass is 79.9. The summed E-state index contributed by atoms with van der Waals surface area (Å²) in [5, 5.41) is 3.11. The topological polar surface area (TPSA) is 12.0 Å². The van der Waals surface area contributed by atoms with Gasteiger partial charge in [-0.15, -0.1) is 12.3 Å². The summed E-state index contributed by atoms with van der Waals surface area (Å²) >= 11 is 3.33. The Bertz CT molecular complexity index is 344. The van der Waals surface area contributed by atoms with Gasteiger partial charge in [0.05, 0.1) is 5.69 Å². The van der Waals surface area contributed by atoms with E-state index >= 15 is 0 Å². The van der Waals surface area contributed by atoms with Crippen LogP contribution in [0, 0.1) is 18.2 Å². The zero-order valence-corrected chi connectivity index (χ0v) is 9.27. The quantitative estimate of drug-likeness (QED) is 0.643. The average Bonchev–Trinajstić information content (AvgIpc) is 2.18. The number of benzene rings is 1. The monoisotopic (exact) mass is 255 g/mol. The van der Waals surface area contributed by atoms with E-state index in [0.717, 1.165) is 29.5 Å². The molecule has 0 aliphatic rings. The minimum atomic E-state index is -0.243. The van der Waals surface area contributed by atoms with E-state index in [0.29, 0.717) is 0 Å². The Morgan fingerprint density at radius 3 is 3.00 bits per heavy atom. The lowest BCUT2D eigenvalue weighted by atomic mass is 10.3. The van der Waals surface area contributed by atoms with E-state index in [2.05, 4.69) is 27.2 Å². The molecule has 0 aromatic heterocycles. The molecule has 0 fully saturated rings. The van der Waals surface area contributed by atoms with Gasteiger partial charge in [-0.25, -0.2) is 4.39 Å². The Balaban J connectivity index is 2.50. The van der Waals surface area contributed by atoms with Crippen LogP contribution in [0.2, 0.25) is 0 Å². The number of hydrogen-bond acceptors (Lipinski definition) is 1. The molecule has 0 atom stereocenters. The van der Waals surface area contributed by atoms with Crippen molar-refractivity contribution < 1.29 is 4.39 Å². The minimum Gasteiger partial charge on any atom is -0.384 e. The highest BCUT2D eigenvalue weighted by Gasteiger charge is 1.99. The van der Waals surface area contributed by atoms with Crippen molar-refractivity contribution in [2.24, 2.45) is 0 Å². The predicted octanol–water partition coefficient (Wildman–Crippen LogP) is 3.41. The SMILES string of the molecule is C#CCCCNc1cc(F)ccc1Br. The third kappa shape index (κ3) is 3.39. The van der Waals surface area contributed by atoms with Gasteiger partial charge >= 0.3 is 0 Å². The van der Waals surface area contributed by atoms with Gasteiger partial charge in [-0.3, -0.25) is 0 Å². The number of anilines is 1. The maximum atomic E-state index is 12.8. The first-order chi connectivity index (χ1) is 6.74. The van der Waals surface area contributed by atoms with Crippen LogP contribution in [-0.2, 0) is 0 Å². The molecule has 0 aliphatic heterocycles. The summed E-state index contributed by atoms with van der Waals surface area (Å²) in [4.78, 5) is 0. The molecule has 0 spiro atoms. The van der Waals surface area contributed by atoms with Crippen molar-refractivity contribution in [1.29, 1.82) is 0 Å². The van der Waals surface area contributed by atoms with Crippen molar-refractivity contribution in [2.75, 3.05) is 11.9 Å². The summed E-state index contributed by atoms with van der Waals surface area (Å²) in [7, 11) is 0. The lowest BCUT2D eigenvalue weighted by Gasteiger charge is -2.07. The van der Waals surface area contributed by atoms with Crippen molar-refractivity contribution in [3.05, 3.63) is 28.5 Å². The lowest BCUT2D eigenvalue weighted by Crippen LogP contribution is -2.01. The summed E-state index contributed by atoms with van der Waals surface area (Å²) in [6.45, 7) is 0.756. The Morgan fingerprint density at radius 1 is 1.50 bits per heavy atom. The molecule has 14 heavy (non-hydrogen) atoms. The first-order valence-corrected chi connectivity index (χ1v) is 5.15. The zero-order chi connectivity index (χ0) is 10.4. The molecule has 1 N–H and O–H groups in total. The lowest BCUT2D eigenvalue weighted by molar-refractivity contribution is 0.628. The van der Waals surface area contributed by atoms with Gasteiger partial charge in [-0.2, -0.15) is 0 Å². The summed E-state index contributed by atoms with van der Waals surface area (Å²) in [6.07, 6.45) is 6.74. The van der Waals surface area contributed by atoms with E-state index < -0.39 is 0 Å². The fourth-order valence-corrected chi connectivity index (χ4v) is 1.43. The first kappa shape index (κ1) is 11.1. The van der Waals surface area contributed by atoms with Gasteiger partial charge in [-0.05, 0) is 40.5 Å². The highest BCUT2D eigenvalue weighted by Crippen LogP contribution is 2.22. The molecule has 0 heterocycles. The second kappa shape index (κ2) is 5.66. The van der Waals surface area contributed by atoms with E-state index in [9.17, 15) is 4.39 Å². The van der Waals surface area contributed by atoms with Gasteiger partial charge in [0.15, 0.2) is 0 Å². The standard InChI is InChI=1S/C11H11BrFN/c1-2-3-4-7-14-11-8-9(13)5-6-10(11)12/h1,5-6,8,14H,3-4,7H2. The zero-order valence-electron chi connectivity index (χ0n) is 7.69. The van der Waals surface area contributed by atoms with Crippen LogP contribution in [0.5, 0.6) is 0 Å². The van der Waals surface area contributed by atoms with E-state index in [1.54, 1.807) is 6.07 Å².